The molecule has 0 unspecified atom stereocenters. The van der Waals surface area contributed by atoms with Crippen LogP contribution in [0.25, 0.3) is 0 Å². The molecule has 0 fully saturated rings. The minimum absolute atomic E-state index is 0.295. The summed E-state index contributed by atoms with van der Waals surface area (Å²) >= 11 is 3.09. The van der Waals surface area contributed by atoms with Gasteiger partial charge in [-0.25, -0.2) is 9.18 Å². The summed E-state index contributed by atoms with van der Waals surface area (Å²) in [6.45, 7) is 2.84. The van der Waals surface area contributed by atoms with E-state index in [9.17, 15) is 9.18 Å². The molecule has 0 amide bonds. The summed E-state index contributed by atoms with van der Waals surface area (Å²) in [6, 6.07) is 3.80. The highest BCUT2D eigenvalue weighted by atomic mass is 79.9. The number of halogens is 2. The molecule has 0 spiro atoms. The molecule has 0 bridgehead atoms. The van der Waals surface area contributed by atoms with Gasteiger partial charge in [0.15, 0.2) is 5.60 Å². The zero-order valence-electron chi connectivity index (χ0n) is 8.25. The van der Waals surface area contributed by atoms with Crippen LogP contribution in [0.5, 0.6) is 5.75 Å². The Morgan fingerprint density at radius 2 is 2.13 bits per heavy atom. The molecule has 1 N–H and O–H groups in total. The van der Waals surface area contributed by atoms with Gasteiger partial charge >= 0.3 is 5.97 Å². The number of carbonyl (C=O) groups is 1. The van der Waals surface area contributed by atoms with Crippen LogP contribution in [0.1, 0.15) is 13.8 Å². The number of carboxylic acid groups (broad SMARTS) is 1. The van der Waals surface area contributed by atoms with Crippen LogP contribution in [0.4, 0.5) is 4.39 Å². The third-order valence-electron chi connectivity index (χ3n) is 1.77. The van der Waals surface area contributed by atoms with Crippen LogP contribution < -0.4 is 4.74 Å². The maximum absolute atomic E-state index is 12.7. The summed E-state index contributed by atoms with van der Waals surface area (Å²) in [4.78, 5) is 10.8. The third kappa shape index (κ3) is 2.92. The zero-order chi connectivity index (χ0) is 11.6. The number of rotatable bonds is 3. The fraction of sp³-hybridized carbons (Fsp3) is 0.300. The first-order valence-corrected chi connectivity index (χ1v) is 4.99. The summed E-state index contributed by atoms with van der Waals surface area (Å²) in [7, 11) is 0. The molecule has 0 aliphatic heterocycles. The van der Waals surface area contributed by atoms with Crippen molar-refractivity contribution in [1.29, 1.82) is 0 Å². The number of aliphatic carboxylic acids is 1. The smallest absolute Gasteiger partial charge is 0.347 e. The quantitative estimate of drug-likeness (QED) is 0.924. The van der Waals surface area contributed by atoms with Crippen molar-refractivity contribution in [2.75, 3.05) is 0 Å². The van der Waals surface area contributed by atoms with Crippen LogP contribution in [0.3, 0.4) is 0 Å². The number of carboxylic acids is 1. The average Bonchev–Trinajstić information content (AvgIpc) is 2.09. The SMILES string of the molecule is CC(C)(Oc1ccc(F)cc1Br)C(=O)O. The Kier molecular flexibility index (Phi) is 3.34. The third-order valence-corrected chi connectivity index (χ3v) is 2.39. The van der Waals surface area contributed by atoms with Crippen LogP contribution >= 0.6 is 15.9 Å². The summed E-state index contributed by atoms with van der Waals surface area (Å²) in [5.74, 6) is -1.20. The monoisotopic (exact) mass is 276 g/mol. The number of ether oxygens (including phenoxy) is 1. The first-order valence-electron chi connectivity index (χ1n) is 4.20. The Balaban J connectivity index is 2.95. The van der Waals surface area contributed by atoms with Gasteiger partial charge < -0.3 is 9.84 Å². The van der Waals surface area contributed by atoms with Crippen molar-refractivity contribution in [3.63, 3.8) is 0 Å². The van der Waals surface area contributed by atoms with Crippen molar-refractivity contribution in [2.24, 2.45) is 0 Å². The fourth-order valence-corrected chi connectivity index (χ4v) is 1.31. The highest BCUT2D eigenvalue weighted by Gasteiger charge is 2.30. The molecule has 0 aliphatic rings. The van der Waals surface area contributed by atoms with Gasteiger partial charge in [-0.2, -0.15) is 0 Å². The first-order chi connectivity index (χ1) is 6.83. The van der Waals surface area contributed by atoms with Gasteiger partial charge in [-0.1, -0.05) is 0 Å². The van der Waals surface area contributed by atoms with E-state index in [-0.39, 0.29) is 0 Å². The van der Waals surface area contributed by atoms with Crippen molar-refractivity contribution in [2.45, 2.75) is 19.4 Å². The molecule has 0 radical (unpaired) electrons. The molecule has 0 aliphatic carbocycles. The van der Waals surface area contributed by atoms with E-state index in [1.807, 2.05) is 0 Å². The maximum atomic E-state index is 12.7. The van der Waals surface area contributed by atoms with Gasteiger partial charge in [-0.05, 0) is 48.0 Å². The predicted molar refractivity (Wildman–Crippen MR) is 56.4 cm³/mol. The number of hydrogen-bond acceptors (Lipinski definition) is 2. The van der Waals surface area contributed by atoms with Gasteiger partial charge in [-0.3, -0.25) is 0 Å². The maximum Gasteiger partial charge on any atom is 0.347 e. The molecule has 3 nitrogen and oxygen atoms in total. The predicted octanol–water partition coefficient (Wildman–Crippen LogP) is 2.83. The summed E-state index contributed by atoms with van der Waals surface area (Å²) in [6.07, 6.45) is 0. The van der Waals surface area contributed by atoms with Crippen LogP contribution in [0, 0.1) is 5.82 Å². The van der Waals surface area contributed by atoms with Crippen molar-refractivity contribution in [1.82, 2.24) is 0 Å². The summed E-state index contributed by atoms with van der Waals surface area (Å²) in [5, 5.41) is 8.83. The lowest BCUT2D eigenvalue weighted by Gasteiger charge is -2.22. The van der Waals surface area contributed by atoms with Gasteiger partial charge in [-0.15, -0.1) is 0 Å². The molecule has 1 aromatic rings. The minimum Gasteiger partial charge on any atom is -0.478 e. The minimum atomic E-state index is -1.35. The largest absolute Gasteiger partial charge is 0.478 e. The molecule has 1 rings (SSSR count). The molecule has 0 heterocycles. The Morgan fingerprint density at radius 3 is 2.60 bits per heavy atom. The second-order valence-corrected chi connectivity index (χ2v) is 4.35. The van der Waals surface area contributed by atoms with Crippen molar-refractivity contribution < 1.29 is 19.0 Å². The highest BCUT2D eigenvalue weighted by Crippen LogP contribution is 2.28. The summed E-state index contributed by atoms with van der Waals surface area (Å²) in [5.41, 5.74) is -1.35. The number of hydrogen-bond donors (Lipinski definition) is 1. The normalized spacial score (nSPS) is 11.2. The molecule has 15 heavy (non-hydrogen) atoms. The van der Waals surface area contributed by atoms with Crippen LogP contribution in [0.15, 0.2) is 22.7 Å². The van der Waals surface area contributed by atoms with Crippen LogP contribution in [-0.2, 0) is 4.79 Å². The molecule has 0 saturated carbocycles. The lowest BCUT2D eigenvalue weighted by molar-refractivity contribution is -0.152. The first kappa shape index (κ1) is 12.0. The van der Waals surface area contributed by atoms with Crippen molar-refractivity contribution in [3.05, 3.63) is 28.5 Å². The topological polar surface area (TPSA) is 46.5 Å². The van der Waals surface area contributed by atoms with Gasteiger partial charge in [0.2, 0.25) is 0 Å². The standard InChI is InChI=1S/C10H10BrFO3/c1-10(2,9(13)14)15-8-4-3-6(12)5-7(8)11/h3-5H,1-2H3,(H,13,14). The van der Waals surface area contributed by atoms with Gasteiger partial charge in [0.1, 0.15) is 11.6 Å². The molecule has 0 atom stereocenters. The van der Waals surface area contributed by atoms with E-state index in [4.69, 9.17) is 9.84 Å². The van der Waals surface area contributed by atoms with E-state index in [0.29, 0.717) is 10.2 Å². The lowest BCUT2D eigenvalue weighted by Crippen LogP contribution is -2.37. The molecule has 82 valence electrons. The average molecular weight is 277 g/mol. The number of benzene rings is 1. The van der Waals surface area contributed by atoms with E-state index >= 15 is 0 Å². The Morgan fingerprint density at radius 1 is 1.53 bits per heavy atom. The second-order valence-electron chi connectivity index (χ2n) is 3.49. The van der Waals surface area contributed by atoms with Crippen molar-refractivity contribution in [3.8, 4) is 5.75 Å². The van der Waals surface area contributed by atoms with Gasteiger partial charge in [0.25, 0.3) is 0 Å². The molecule has 5 heteroatoms. The Hall–Kier alpha value is -1.10. The highest BCUT2D eigenvalue weighted by molar-refractivity contribution is 9.10. The van der Waals surface area contributed by atoms with E-state index in [0.717, 1.165) is 0 Å². The van der Waals surface area contributed by atoms with Crippen LogP contribution in [0.2, 0.25) is 0 Å². The van der Waals surface area contributed by atoms with E-state index in [1.54, 1.807) is 0 Å². The van der Waals surface area contributed by atoms with Gasteiger partial charge in [0.05, 0.1) is 4.47 Å². The molecule has 0 saturated heterocycles. The van der Waals surface area contributed by atoms with E-state index < -0.39 is 17.4 Å². The summed E-state index contributed by atoms with van der Waals surface area (Å²) < 4.78 is 18.4. The lowest BCUT2D eigenvalue weighted by atomic mass is 10.1. The zero-order valence-corrected chi connectivity index (χ0v) is 9.84. The van der Waals surface area contributed by atoms with E-state index in [1.165, 1.54) is 32.0 Å². The molecule has 1 aromatic carbocycles. The molecule has 0 aromatic heterocycles. The molecular weight excluding hydrogens is 267 g/mol. The van der Waals surface area contributed by atoms with Gasteiger partial charge in [0, 0.05) is 0 Å². The second kappa shape index (κ2) is 4.18. The van der Waals surface area contributed by atoms with Crippen molar-refractivity contribution >= 4 is 21.9 Å². The molecular formula is C10H10BrFO3. The Labute approximate surface area is 95.0 Å². The van der Waals surface area contributed by atoms with Crippen LogP contribution in [-0.4, -0.2) is 16.7 Å². The fourth-order valence-electron chi connectivity index (χ4n) is 0.877. The van der Waals surface area contributed by atoms with E-state index in [2.05, 4.69) is 15.9 Å². The Bertz CT molecular complexity index is 390.